The number of carbonyl (C=O) groups is 20. The first-order chi connectivity index (χ1) is 61.6. The molecule has 12 N–H and O–H groups in total. The molecule has 0 radical (unpaired) electrons. The standard InChI is InChI=1S/4C7H12O5S.4C7H10O4.4C6H8O4.3Zr/c4*1-6(2)7(8)12-4-3-5-13(9,10)11;4*1-5(2)7(10)11-4-3-6(8)9;4*1-4(2)6(9)10-3-5(7)8;;;/h4*1,3-5H2,2H3,(H,9,10,11);4*1,3-4H2,2H3,(H,8,9);4*1,3H2,2H3,(H,7,8);;;. The number of esters is 12. The Morgan fingerprint density at radius 1 is 0.180 bits per heavy atom. The van der Waals surface area contributed by atoms with Gasteiger partial charge in [0, 0.05) is 145 Å². The van der Waals surface area contributed by atoms with Crippen LogP contribution in [0.2, 0.25) is 0 Å². The van der Waals surface area contributed by atoms with E-state index in [1.165, 1.54) is 83.1 Å². The van der Waals surface area contributed by atoms with Crippen LogP contribution in [0.5, 0.6) is 0 Å². The molecule has 0 heterocycles. The van der Waals surface area contributed by atoms with Crippen molar-refractivity contribution in [2.24, 2.45) is 0 Å². The monoisotopic (exact) mass is 2310 g/mol. The molecule has 0 aliphatic rings. The number of hydrogen-bond donors (Lipinski definition) is 12. The number of ether oxygens (including phenoxy) is 12. The van der Waals surface area contributed by atoms with Crippen molar-refractivity contribution in [2.45, 2.75) is 134 Å². The van der Waals surface area contributed by atoms with Crippen LogP contribution in [0.1, 0.15) is 134 Å². The fraction of sp³-hybridized carbons (Fsp3) is 0.450. The van der Waals surface area contributed by atoms with E-state index in [1.54, 1.807) is 0 Å². The average molecular weight is 2320 g/mol. The predicted molar refractivity (Wildman–Crippen MR) is 473 cm³/mol. The third-order valence-corrected chi connectivity index (χ3v) is 14.0. The SMILES string of the molecule is C=C(C)C(=O)OCC(=O)O.C=C(C)C(=O)OCC(=O)O.C=C(C)C(=O)OCC(=O)O.C=C(C)C(=O)OCC(=O)O.C=C(C)C(=O)OCCC(=O)O.C=C(C)C(=O)OCCC(=O)O.C=C(C)C(=O)OCCC(=O)O.C=C(C)C(=O)OCCC(=O)O.C=C(C)C(=O)OCCCS(=O)(=O)O.C=C(C)C(=O)OCCCS(=O)(=O)O.C=C(C)C(=O)OCCCS(=O)(=O)O.C=C(C)C(=O)OCCCS(=O)(=O)O.[Zr].[Zr].[Zr]. The van der Waals surface area contributed by atoms with E-state index in [-0.39, 0.29) is 250 Å². The van der Waals surface area contributed by atoms with Gasteiger partial charge < -0.3 is 97.7 Å². The molecule has 0 saturated heterocycles. The predicted octanol–water partition coefficient (Wildman–Crippen LogP) is 4.61. The topological polar surface area (TPSA) is 831 Å². The van der Waals surface area contributed by atoms with Gasteiger partial charge in [-0.3, -0.25) is 37.4 Å². The van der Waals surface area contributed by atoms with E-state index < -0.39 is 209 Å². The summed E-state index contributed by atoms with van der Waals surface area (Å²) >= 11 is 0. The van der Waals surface area contributed by atoms with Gasteiger partial charge in [-0.1, -0.05) is 78.9 Å². The van der Waals surface area contributed by atoms with Crippen molar-refractivity contribution in [3.63, 3.8) is 0 Å². The van der Waals surface area contributed by atoms with Crippen LogP contribution in [0, 0.1) is 0 Å². The first-order valence-electron chi connectivity index (χ1n) is 37.1. The van der Waals surface area contributed by atoms with Gasteiger partial charge >= 0.3 is 119 Å². The quantitative estimate of drug-likeness (QED) is 0.0130. The van der Waals surface area contributed by atoms with E-state index in [9.17, 15) is 130 Å². The molecule has 0 atom stereocenters. The fourth-order valence-electron chi connectivity index (χ4n) is 4.54. The summed E-state index contributed by atoms with van der Waals surface area (Å²) in [4.78, 5) is 206. The molecule has 0 aromatic carbocycles. The number of hydrogen-bond acceptors (Lipinski definition) is 40. The molecule has 0 bridgehead atoms. The van der Waals surface area contributed by atoms with Crippen molar-refractivity contribution in [3.8, 4) is 0 Å². The van der Waals surface area contributed by atoms with E-state index in [1.807, 2.05) is 0 Å². The zero-order valence-electron chi connectivity index (χ0n) is 78.3. The minimum absolute atomic E-state index is 0. The Bertz CT molecular complexity index is 4070. The second kappa shape index (κ2) is 95.5. The van der Waals surface area contributed by atoms with Crippen LogP contribution in [0.25, 0.3) is 0 Å². The van der Waals surface area contributed by atoms with Gasteiger partial charge in [0.1, 0.15) is 26.4 Å². The summed E-state index contributed by atoms with van der Waals surface area (Å²) < 4.78 is 168. The average Bonchev–Trinajstić information content (AvgIpc) is 0.974. The largest absolute Gasteiger partial charge is 0.481 e. The molecule has 59 heteroatoms. The van der Waals surface area contributed by atoms with Crippen molar-refractivity contribution in [3.05, 3.63) is 146 Å². The van der Waals surface area contributed by atoms with Gasteiger partial charge in [0.15, 0.2) is 26.4 Å². The number of carboxylic acids is 8. The van der Waals surface area contributed by atoms with Gasteiger partial charge in [-0.05, 0) is 109 Å². The molecule has 0 aliphatic heterocycles. The maximum absolute atomic E-state index is 10.7. The molecule has 52 nitrogen and oxygen atoms in total. The van der Waals surface area contributed by atoms with Crippen LogP contribution in [-0.2, 0) is 272 Å². The normalized spacial score (nSPS) is 9.32. The zero-order valence-corrected chi connectivity index (χ0v) is 88.9. The van der Waals surface area contributed by atoms with Crippen molar-refractivity contribution >= 4 is 160 Å². The smallest absolute Gasteiger partial charge is 0.341 e. The number of carboxylic acid groups (broad SMARTS) is 8. The number of aliphatic carboxylic acids is 8. The van der Waals surface area contributed by atoms with Crippen LogP contribution in [0.3, 0.4) is 0 Å². The molecule has 0 saturated carbocycles. The Hall–Kier alpha value is -11.4. The third-order valence-electron chi connectivity index (χ3n) is 10.8. The summed E-state index contributed by atoms with van der Waals surface area (Å²) in [7, 11) is -15.8. The second-order valence-corrected chi connectivity index (χ2v) is 31.8. The first kappa shape index (κ1) is 161. The Kier molecular flexibility index (Phi) is 111. The van der Waals surface area contributed by atoms with Gasteiger partial charge in [0.05, 0.1) is 75.1 Å². The Morgan fingerprint density at radius 2 is 0.273 bits per heavy atom. The molecule has 0 unspecified atom stereocenters. The molecule has 0 aliphatic carbocycles. The van der Waals surface area contributed by atoms with E-state index in [2.05, 4.69) is 136 Å². The van der Waals surface area contributed by atoms with E-state index in [0.717, 1.165) is 0 Å². The molecule has 0 spiro atoms. The van der Waals surface area contributed by atoms with E-state index in [0.29, 0.717) is 0 Å². The number of carbonyl (C=O) groups excluding carboxylic acids is 12. The molecule has 0 rings (SSSR count). The minimum atomic E-state index is -3.96. The number of rotatable bonds is 48. The van der Waals surface area contributed by atoms with Crippen molar-refractivity contribution in [1.29, 1.82) is 0 Å². The Labute approximate surface area is 860 Å². The molecular weight excluding hydrogens is 2190 g/mol. The van der Waals surface area contributed by atoms with Crippen molar-refractivity contribution in [2.75, 3.05) is 102 Å². The van der Waals surface area contributed by atoms with Gasteiger partial charge in [-0.15, -0.1) is 0 Å². The van der Waals surface area contributed by atoms with Crippen molar-refractivity contribution in [1.82, 2.24) is 0 Å². The molecule has 139 heavy (non-hydrogen) atoms. The summed E-state index contributed by atoms with van der Waals surface area (Å²) in [5.41, 5.74) is 2.90. The van der Waals surface area contributed by atoms with Crippen molar-refractivity contribution < 1.29 is 324 Å². The Balaban J connectivity index is -0.0000000928. The van der Waals surface area contributed by atoms with E-state index in [4.69, 9.17) is 59.1 Å². The fourth-order valence-corrected chi connectivity index (χ4v) is 6.47. The summed E-state index contributed by atoms with van der Waals surface area (Å²) in [5, 5.41) is 64.8. The van der Waals surface area contributed by atoms with Crippen LogP contribution >= 0.6 is 0 Å². The van der Waals surface area contributed by atoms with Gasteiger partial charge in [0.25, 0.3) is 40.5 Å². The van der Waals surface area contributed by atoms with Gasteiger partial charge in [0.2, 0.25) is 0 Å². The van der Waals surface area contributed by atoms with Crippen LogP contribution in [0.15, 0.2) is 146 Å². The Morgan fingerprint density at radius 3 is 0.353 bits per heavy atom. The van der Waals surface area contributed by atoms with E-state index >= 15 is 0 Å². The maximum Gasteiger partial charge on any atom is 0.341 e. The minimum Gasteiger partial charge on any atom is -0.481 e. The molecule has 0 aromatic rings. The van der Waals surface area contributed by atoms with Crippen LogP contribution in [-0.4, -0.2) is 314 Å². The summed E-state index contributed by atoms with van der Waals surface area (Å²) in [6.45, 7) is 54.6. The van der Waals surface area contributed by atoms with Crippen LogP contribution in [0.4, 0.5) is 0 Å². The van der Waals surface area contributed by atoms with Crippen LogP contribution < -0.4 is 0 Å². The molecule has 788 valence electrons. The second-order valence-electron chi connectivity index (χ2n) is 25.5. The molecular formula is C80H120O52S4Zr3. The molecule has 0 amide bonds. The van der Waals surface area contributed by atoms with Gasteiger partial charge in [-0.25, -0.2) is 76.7 Å². The summed E-state index contributed by atoms with van der Waals surface area (Å²) in [6.07, 6.45) is -0.346. The zero-order chi connectivity index (χ0) is 110. The summed E-state index contributed by atoms with van der Waals surface area (Å²) in [5.74, 6) is -17.4. The summed E-state index contributed by atoms with van der Waals surface area (Å²) in [6, 6.07) is 0. The first-order valence-corrected chi connectivity index (χ1v) is 43.5. The molecule has 0 aromatic heterocycles. The molecule has 0 fully saturated rings. The van der Waals surface area contributed by atoms with Gasteiger partial charge in [-0.2, -0.15) is 33.7 Å². The maximum atomic E-state index is 10.7. The third kappa shape index (κ3) is 155.